The number of aliphatic carboxylic acids is 1. The molecular weight excluding hydrogens is 182 g/mol. The molecule has 0 aliphatic carbocycles. The maximum atomic E-state index is 10.9. The van der Waals surface area contributed by atoms with E-state index in [2.05, 4.69) is 5.32 Å². The van der Waals surface area contributed by atoms with Crippen LogP contribution in [0, 0.1) is 5.92 Å². The molecule has 0 saturated carbocycles. The number of hydrogen-bond donors (Lipinski definition) is 2. The molecule has 1 unspecified atom stereocenters. The molecule has 82 valence electrons. The highest BCUT2D eigenvalue weighted by molar-refractivity contribution is 5.75. The van der Waals surface area contributed by atoms with E-state index >= 15 is 0 Å². The van der Waals surface area contributed by atoms with Crippen molar-refractivity contribution in [1.82, 2.24) is 5.32 Å². The van der Waals surface area contributed by atoms with Crippen molar-refractivity contribution >= 4 is 11.9 Å². The maximum Gasteiger partial charge on any atom is 0.305 e. The predicted octanol–water partition coefficient (Wildman–Crippen LogP) is 1.40. The van der Waals surface area contributed by atoms with Gasteiger partial charge in [-0.05, 0) is 19.3 Å². The van der Waals surface area contributed by atoms with Crippen LogP contribution in [0.5, 0.6) is 0 Å². The molecule has 0 saturated heterocycles. The van der Waals surface area contributed by atoms with Crippen LogP contribution in [0.4, 0.5) is 0 Å². The SMILES string of the molecule is CC(=O)NC(C)(CC(=O)O)CC(C)C. The second kappa shape index (κ2) is 4.98. The largest absolute Gasteiger partial charge is 0.481 e. The third kappa shape index (κ3) is 5.56. The normalized spacial score (nSPS) is 14.9. The second-order valence-corrected chi connectivity index (χ2v) is 4.41. The standard InChI is InChI=1S/C10H19NO3/c1-7(2)5-10(4,6-9(13)14)11-8(3)12/h7H,5-6H2,1-4H3,(H,11,12)(H,13,14). The zero-order chi connectivity index (χ0) is 11.4. The van der Waals surface area contributed by atoms with Crippen molar-refractivity contribution in [2.45, 2.75) is 46.1 Å². The lowest BCUT2D eigenvalue weighted by atomic mass is 9.87. The molecule has 0 radical (unpaired) electrons. The molecule has 0 aliphatic heterocycles. The fraction of sp³-hybridized carbons (Fsp3) is 0.800. The van der Waals surface area contributed by atoms with E-state index in [1.165, 1.54) is 6.92 Å². The Kier molecular flexibility index (Phi) is 4.60. The first-order valence-electron chi connectivity index (χ1n) is 4.76. The molecular formula is C10H19NO3. The minimum atomic E-state index is -0.887. The van der Waals surface area contributed by atoms with Gasteiger partial charge >= 0.3 is 5.97 Å². The van der Waals surface area contributed by atoms with Gasteiger partial charge in [-0.25, -0.2) is 0 Å². The lowest BCUT2D eigenvalue weighted by Crippen LogP contribution is -2.47. The summed E-state index contributed by atoms with van der Waals surface area (Å²) in [7, 11) is 0. The number of hydrogen-bond acceptors (Lipinski definition) is 2. The Labute approximate surface area is 84.7 Å². The molecule has 0 rings (SSSR count). The number of nitrogens with one attached hydrogen (secondary N) is 1. The first-order chi connectivity index (χ1) is 6.25. The Balaban J connectivity index is 4.48. The van der Waals surface area contributed by atoms with Gasteiger partial charge in [0.2, 0.25) is 5.91 Å². The van der Waals surface area contributed by atoms with Gasteiger partial charge in [-0.15, -0.1) is 0 Å². The molecule has 0 bridgehead atoms. The molecule has 2 N–H and O–H groups in total. The maximum absolute atomic E-state index is 10.9. The molecule has 4 heteroatoms. The number of carbonyl (C=O) groups is 2. The van der Waals surface area contributed by atoms with E-state index in [4.69, 9.17) is 5.11 Å². The van der Waals surface area contributed by atoms with Gasteiger partial charge < -0.3 is 10.4 Å². The van der Waals surface area contributed by atoms with Crippen LogP contribution in [0.3, 0.4) is 0 Å². The van der Waals surface area contributed by atoms with Crippen LogP contribution in [0.1, 0.15) is 40.5 Å². The van der Waals surface area contributed by atoms with E-state index in [0.717, 1.165) is 0 Å². The summed E-state index contributed by atoms with van der Waals surface area (Å²) < 4.78 is 0. The third-order valence-corrected chi connectivity index (χ3v) is 1.88. The fourth-order valence-corrected chi connectivity index (χ4v) is 1.83. The molecule has 0 aliphatic rings. The second-order valence-electron chi connectivity index (χ2n) is 4.41. The van der Waals surface area contributed by atoms with Crippen molar-refractivity contribution in [2.75, 3.05) is 0 Å². The van der Waals surface area contributed by atoms with Gasteiger partial charge in [-0.3, -0.25) is 9.59 Å². The average molecular weight is 201 g/mol. The minimum absolute atomic E-state index is 0.0369. The molecule has 14 heavy (non-hydrogen) atoms. The van der Waals surface area contributed by atoms with Crippen LogP contribution < -0.4 is 5.32 Å². The van der Waals surface area contributed by atoms with Crippen LogP contribution in [0.25, 0.3) is 0 Å². The van der Waals surface area contributed by atoms with Gasteiger partial charge in [-0.1, -0.05) is 13.8 Å². The number of carbonyl (C=O) groups excluding carboxylic acids is 1. The number of rotatable bonds is 5. The molecule has 0 aromatic heterocycles. The quantitative estimate of drug-likeness (QED) is 0.706. The number of carboxylic acids is 1. The first kappa shape index (κ1) is 12.9. The molecule has 1 atom stereocenters. The molecule has 0 aromatic carbocycles. The zero-order valence-corrected chi connectivity index (χ0v) is 9.26. The summed E-state index contributed by atoms with van der Waals surface area (Å²) in [5.41, 5.74) is -0.633. The highest BCUT2D eigenvalue weighted by Crippen LogP contribution is 2.20. The van der Waals surface area contributed by atoms with Crippen LogP contribution in [-0.4, -0.2) is 22.5 Å². The van der Waals surface area contributed by atoms with Crippen molar-refractivity contribution in [1.29, 1.82) is 0 Å². The van der Waals surface area contributed by atoms with E-state index in [1.54, 1.807) is 6.92 Å². The summed E-state index contributed by atoms with van der Waals surface area (Å²) in [6, 6.07) is 0. The van der Waals surface area contributed by atoms with Gasteiger partial charge in [0.15, 0.2) is 0 Å². The topological polar surface area (TPSA) is 66.4 Å². The van der Waals surface area contributed by atoms with E-state index < -0.39 is 11.5 Å². The zero-order valence-electron chi connectivity index (χ0n) is 9.26. The Bertz CT molecular complexity index is 207. The van der Waals surface area contributed by atoms with Crippen molar-refractivity contribution in [3.8, 4) is 0 Å². The van der Waals surface area contributed by atoms with E-state index in [0.29, 0.717) is 12.3 Å². The molecule has 4 nitrogen and oxygen atoms in total. The lowest BCUT2D eigenvalue weighted by Gasteiger charge is -2.30. The van der Waals surface area contributed by atoms with Crippen molar-refractivity contribution in [3.63, 3.8) is 0 Å². The molecule has 0 heterocycles. The Morgan fingerprint density at radius 3 is 2.21 bits per heavy atom. The van der Waals surface area contributed by atoms with Gasteiger partial charge in [0.1, 0.15) is 0 Å². The monoisotopic (exact) mass is 201 g/mol. The summed E-state index contributed by atoms with van der Waals surface area (Å²) in [6.07, 6.45) is 0.629. The van der Waals surface area contributed by atoms with Crippen LogP contribution in [0.15, 0.2) is 0 Å². The third-order valence-electron chi connectivity index (χ3n) is 1.88. The molecule has 1 amide bonds. The number of amides is 1. The Morgan fingerprint density at radius 2 is 1.93 bits per heavy atom. The summed E-state index contributed by atoms with van der Waals surface area (Å²) in [5.74, 6) is -0.720. The van der Waals surface area contributed by atoms with Gasteiger partial charge in [0, 0.05) is 12.5 Å². The van der Waals surface area contributed by atoms with Crippen LogP contribution in [0.2, 0.25) is 0 Å². The summed E-state index contributed by atoms with van der Waals surface area (Å²) in [4.78, 5) is 21.5. The smallest absolute Gasteiger partial charge is 0.305 e. The molecule has 0 aromatic rings. The van der Waals surface area contributed by atoms with E-state index in [-0.39, 0.29) is 12.3 Å². The molecule has 0 fully saturated rings. The molecule has 0 spiro atoms. The first-order valence-corrected chi connectivity index (χ1v) is 4.76. The van der Waals surface area contributed by atoms with Crippen LogP contribution >= 0.6 is 0 Å². The predicted molar refractivity (Wildman–Crippen MR) is 53.9 cm³/mol. The average Bonchev–Trinajstić information content (AvgIpc) is 1.76. The lowest BCUT2D eigenvalue weighted by molar-refractivity contribution is -0.139. The summed E-state index contributed by atoms with van der Waals surface area (Å²) >= 11 is 0. The van der Waals surface area contributed by atoms with Crippen molar-refractivity contribution in [2.24, 2.45) is 5.92 Å². The highest BCUT2D eigenvalue weighted by Gasteiger charge is 2.29. The van der Waals surface area contributed by atoms with Crippen molar-refractivity contribution in [3.05, 3.63) is 0 Å². The highest BCUT2D eigenvalue weighted by atomic mass is 16.4. The van der Waals surface area contributed by atoms with Crippen molar-refractivity contribution < 1.29 is 14.7 Å². The van der Waals surface area contributed by atoms with E-state index in [1.807, 2.05) is 13.8 Å². The summed E-state index contributed by atoms with van der Waals surface area (Å²) in [5, 5.41) is 11.4. The Morgan fingerprint density at radius 1 is 1.43 bits per heavy atom. The van der Waals surface area contributed by atoms with Crippen LogP contribution in [-0.2, 0) is 9.59 Å². The number of carboxylic acid groups (broad SMARTS) is 1. The van der Waals surface area contributed by atoms with Gasteiger partial charge in [-0.2, -0.15) is 0 Å². The van der Waals surface area contributed by atoms with Gasteiger partial charge in [0.05, 0.1) is 6.42 Å². The van der Waals surface area contributed by atoms with E-state index in [9.17, 15) is 9.59 Å². The Hall–Kier alpha value is -1.06. The van der Waals surface area contributed by atoms with Gasteiger partial charge in [0.25, 0.3) is 0 Å². The minimum Gasteiger partial charge on any atom is -0.481 e. The summed E-state index contributed by atoms with van der Waals surface area (Å²) in [6.45, 7) is 7.17. The fourth-order valence-electron chi connectivity index (χ4n) is 1.83.